The zero-order chi connectivity index (χ0) is 31.9. The number of nitrogens with one attached hydrogen (secondary N) is 2. The number of carbonyl (C=O) groups is 3. The summed E-state index contributed by atoms with van der Waals surface area (Å²) < 4.78 is 39.1. The van der Waals surface area contributed by atoms with Crippen LogP contribution in [0.25, 0.3) is 0 Å². The largest absolute Gasteiger partial charge is 0.504 e. The third kappa shape index (κ3) is 6.03. The molecule has 18 heteroatoms. The van der Waals surface area contributed by atoms with Crippen molar-refractivity contribution in [2.45, 2.75) is 31.5 Å². The summed E-state index contributed by atoms with van der Waals surface area (Å²) >= 11 is 9.35. The minimum Gasteiger partial charge on any atom is -0.504 e. The van der Waals surface area contributed by atoms with Crippen molar-refractivity contribution in [3.63, 3.8) is 0 Å². The minimum atomic E-state index is -4.59. The van der Waals surface area contributed by atoms with E-state index in [1.165, 1.54) is 16.2 Å². The van der Waals surface area contributed by atoms with Crippen molar-refractivity contribution >= 4 is 56.9 Å². The first-order valence-corrected chi connectivity index (χ1v) is 14.6. The van der Waals surface area contributed by atoms with Crippen LogP contribution >= 0.6 is 27.5 Å². The number of benzene rings is 1. The molecular formula is C26H26BrClF3N9O4. The van der Waals surface area contributed by atoms with Gasteiger partial charge in [0.05, 0.1) is 27.7 Å². The molecular weight excluding hydrogens is 675 g/mol. The number of aromatic nitrogens is 2. The van der Waals surface area contributed by atoms with Gasteiger partial charge in [0.15, 0.2) is 16.5 Å². The molecule has 3 aliphatic rings. The molecule has 0 radical (unpaired) electrons. The van der Waals surface area contributed by atoms with Crippen LogP contribution in [-0.2, 0) is 15.8 Å². The highest BCUT2D eigenvalue weighted by atomic mass is 79.9. The van der Waals surface area contributed by atoms with E-state index in [1.54, 1.807) is 11.8 Å². The molecule has 4 heterocycles. The number of nitrogens with zero attached hydrogens (tertiary/aromatic N) is 7. The average molecular weight is 701 g/mol. The van der Waals surface area contributed by atoms with Crippen LogP contribution in [0.15, 0.2) is 40.9 Å². The van der Waals surface area contributed by atoms with Crippen molar-refractivity contribution in [3.8, 4) is 5.75 Å². The Balaban J connectivity index is 1.37. The lowest BCUT2D eigenvalue weighted by atomic mass is 10.1. The van der Waals surface area contributed by atoms with Crippen molar-refractivity contribution in [3.05, 3.63) is 57.9 Å². The van der Waals surface area contributed by atoms with Crippen molar-refractivity contribution in [1.29, 1.82) is 0 Å². The summed E-state index contributed by atoms with van der Waals surface area (Å²) in [6.07, 6.45) is -3.07. The Hall–Kier alpha value is -3.96. The molecule has 2 aromatic rings. The van der Waals surface area contributed by atoms with E-state index >= 15 is 0 Å². The number of aliphatic imine (C=N–C) groups is 1. The number of fused-ring (bicyclic) bond motifs is 1. The van der Waals surface area contributed by atoms with Crippen LogP contribution in [-0.4, -0.2) is 96.3 Å². The quantitative estimate of drug-likeness (QED) is 0.306. The molecule has 1 saturated heterocycles. The summed E-state index contributed by atoms with van der Waals surface area (Å²) in [7, 11) is 0. The normalized spacial score (nSPS) is 18.9. The Morgan fingerprint density at radius 1 is 1.20 bits per heavy atom. The van der Waals surface area contributed by atoms with Crippen LogP contribution < -0.4 is 10.7 Å². The molecule has 234 valence electrons. The van der Waals surface area contributed by atoms with Gasteiger partial charge in [-0.15, -0.1) is 0 Å². The van der Waals surface area contributed by atoms with Crippen LogP contribution in [0, 0.1) is 6.92 Å². The van der Waals surface area contributed by atoms with E-state index in [1.807, 2.05) is 11.8 Å². The number of halogens is 5. The number of hydrazine groups is 1. The fraction of sp³-hybridized carbons (Fsp3) is 0.385. The number of aromatic hydroxyl groups is 1. The number of amides is 3. The minimum absolute atomic E-state index is 0.00702. The van der Waals surface area contributed by atoms with Gasteiger partial charge in [0, 0.05) is 26.2 Å². The highest BCUT2D eigenvalue weighted by molar-refractivity contribution is 9.09. The van der Waals surface area contributed by atoms with Gasteiger partial charge in [-0.3, -0.25) is 14.4 Å². The molecule has 0 bridgehead atoms. The second-order valence-corrected chi connectivity index (χ2v) is 11.2. The highest BCUT2D eigenvalue weighted by Crippen LogP contribution is 2.34. The van der Waals surface area contributed by atoms with E-state index in [0.717, 1.165) is 18.2 Å². The summed E-state index contributed by atoms with van der Waals surface area (Å²) in [6.45, 7) is 4.00. The lowest BCUT2D eigenvalue weighted by molar-refractivity contribution is -0.137. The SMILES string of the molecule is CCC1=C(N2CCN(C(=O)c3ncnc(C)c3O)CC2)C(=O)N2NC(Br)N=C2N1CC(=O)Nc1ccc(C(F)(F)F)cc1Cl. The van der Waals surface area contributed by atoms with Gasteiger partial charge >= 0.3 is 6.18 Å². The molecule has 1 aromatic carbocycles. The maximum absolute atomic E-state index is 13.7. The summed E-state index contributed by atoms with van der Waals surface area (Å²) in [4.78, 5) is 57.0. The van der Waals surface area contributed by atoms with E-state index in [-0.39, 0.29) is 66.5 Å². The van der Waals surface area contributed by atoms with E-state index in [0.29, 0.717) is 17.8 Å². The zero-order valence-electron chi connectivity index (χ0n) is 23.3. The summed E-state index contributed by atoms with van der Waals surface area (Å²) in [5.74, 6) is -1.61. The third-order valence-corrected chi connectivity index (χ3v) is 7.93. The smallest absolute Gasteiger partial charge is 0.416 e. The van der Waals surface area contributed by atoms with Gasteiger partial charge in [0.1, 0.15) is 18.6 Å². The van der Waals surface area contributed by atoms with Gasteiger partial charge < -0.3 is 25.1 Å². The van der Waals surface area contributed by atoms with Crippen LogP contribution in [0.3, 0.4) is 0 Å². The molecule has 3 amide bonds. The Morgan fingerprint density at radius 2 is 1.91 bits per heavy atom. The highest BCUT2D eigenvalue weighted by Gasteiger charge is 2.44. The zero-order valence-corrected chi connectivity index (χ0v) is 25.7. The van der Waals surface area contributed by atoms with Gasteiger partial charge in [-0.2, -0.15) is 18.6 Å². The average Bonchev–Trinajstić information content (AvgIpc) is 3.38. The number of piperazine rings is 1. The molecule has 0 saturated carbocycles. The van der Waals surface area contributed by atoms with Crippen LogP contribution in [0.2, 0.25) is 5.02 Å². The van der Waals surface area contributed by atoms with Gasteiger partial charge in [0.2, 0.25) is 11.9 Å². The van der Waals surface area contributed by atoms with Crippen LogP contribution in [0.1, 0.15) is 35.1 Å². The molecule has 1 atom stereocenters. The number of hydrogen-bond donors (Lipinski definition) is 3. The second kappa shape index (κ2) is 12.2. The number of carbonyl (C=O) groups excluding carboxylic acids is 3. The topological polar surface area (TPSA) is 147 Å². The van der Waals surface area contributed by atoms with Crippen LogP contribution in [0.4, 0.5) is 18.9 Å². The first kappa shape index (κ1) is 31.5. The Bertz CT molecular complexity index is 1580. The lowest BCUT2D eigenvalue weighted by Gasteiger charge is -2.43. The van der Waals surface area contributed by atoms with Crippen molar-refractivity contribution in [1.82, 2.24) is 35.1 Å². The second-order valence-electron chi connectivity index (χ2n) is 9.95. The van der Waals surface area contributed by atoms with E-state index in [4.69, 9.17) is 11.6 Å². The number of anilines is 1. The Labute approximate surface area is 262 Å². The standard InChI is InChI=1S/C26H26BrClF3N9O4/c1-3-17-20(37-6-8-38(9-7-37)22(43)19-21(42)13(2)32-12-33-19)23(44)40-25(35-24(27)36-40)39(17)11-18(41)34-16-5-4-14(10-15(16)28)26(29,30)31/h4-5,10,12,24,36,42H,3,6-9,11H2,1-2H3,(H,34,41). The van der Waals surface area contributed by atoms with Gasteiger partial charge in [0.25, 0.3) is 11.8 Å². The summed E-state index contributed by atoms with van der Waals surface area (Å²) in [5.41, 5.74) is 2.89. The Kier molecular flexibility index (Phi) is 8.73. The van der Waals surface area contributed by atoms with Crippen LogP contribution in [0.5, 0.6) is 5.75 Å². The fourth-order valence-electron chi connectivity index (χ4n) is 5.04. The van der Waals surface area contributed by atoms with Crippen molar-refractivity contribution in [2.24, 2.45) is 4.99 Å². The monoisotopic (exact) mass is 699 g/mol. The molecule has 0 aliphatic carbocycles. The van der Waals surface area contributed by atoms with Crippen molar-refractivity contribution in [2.75, 3.05) is 38.0 Å². The molecule has 5 rings (SSSR count). The van der Waals surface area contributed by atoms with Crippen molar-refractivity contribution < 1.29 is 32.7 Å². The first-order valence-electron chi connectivity index (χ1n) is 13.3. The van der Waals surface area contributed by atoms with E-state index < -0.39 is 34.5 Å². The lowest BCUT2D eigenvalue weighted by Crippen LogP contribution is -2.59. The van der Waals surface area contributed by atoms with Gasteiger partial charge in [-0.25, -0.2) is 20.0 Å². The number of guanidine groups is 1. The van der Waals surface area contributed by atoms with E-state index in [2.05, 4.69) is 41.6 Å². The van der Waals surface area contributed by atoms with Gasteiger partial charge in [-0.05, 0) is 47.5 Å². The molecule has 3 aliphatic heterocycles. The number of alkyl halides is 4. The van der Waals surface area contributed by atoms with Gasteiger partial charge in [-0.1, -0.05) is 18.5 Å². The summed E-state index contributed by atoms with van der Waals surface area (Å²) in [5, 5.41) is 13.1. The molecule has 3 N–H and O–H groups in total. The molecule has 44 heavy (non-hydrogen) atoms. The molecule has 1 fully saturated rings. The first-order chi connectivity index (χ1) is 20.8. The third-order valence-electron chi connectivity index (χ3n) is 7.21. The number of allylic oxidation sites excluding steroid dienone is 1. The maximum Gasteiger partial charge on any atom is 0.416 e. The summed E-state index contributed by atoms with van der Waals surface area (Å²) in [6, 6.07) is 2.62. The Morgan fingerprint density at radius 3 is 2.55 bits per heavy atom. The molecule has 0 spiro atoms. The number of rotatable bonds is 6. The molecule has 1 unspecified atom stereocenters. The fourth-order valence-corrected chi connectivity index (χ4v) is 5.66. The number of hydrogen-bond acceptors (Lipinski definition) is 10. The molecule has 1 aromatic heterocycles. The maximum atomic E-state index is 13.7. The predicted octanol–water partition coefficient (Wildman–Crippen LogP) is 2.88. The van der Waals surface area contributed by atoms with E-state index in [9.17, 15) is 32.7 Å². The molecule has 13 nitrogen and oxygen atoms in total. The number of aryl methyl sites for hydroxylation is 1. The predicted molar refractivity (Wildman–Crippen MR) is 155 cm³/mol.